The van der Waals surface area contributed by atoms with Crippen LogP contribution in [0.3, 0.4) is 0 Å². The Morgan fingerprint density at radius 3 is 2.29 bits per heavy atom. The van der Waals surface area contributed by atoms with Crippen molar-refractivity contribution in [3.8, 4) is 0 Å². The third-order valence-corrected chi connectivity index (χ3v) is 5.75. The van der Waals surface area contributed by atoms with Crippen LogP contribution in [0.5, 0.6) is 0 Å². The molecule has 0 aliphatic carbocycles. The molecule has 7 nitrogen and oxygen atoms in total. The highest BCUT2D eigenvalue weighted by Crippen LogP contribution is 2.32. The van der Waals surface area contributed by atoms with E-state index in [0.717, 1.165) is 6.07 Å². The predicted octanol–water partition coefficient (Wildman–Crippen LogP) is 4.16. The molecule has 0 radical (unpaired) electrons. The number of hydrogen-bond acceptors (Lipinski definition) is 5. The molecule has 2 aromatic carbocycles. The van der Waals surface area contributed by atoms with Gasteiger partial charge in [-0.2, -0.15) is 13.2 Å². The maximum absolute atomic E-state index is 13.7. The highest BCUT2D eigenvalue weighted by atomic mass is 19.4. The smallest absolute Gasteiger partial charge is 0.352 e. The molecule has 0 spiro atoms. The number of carbonyl (C=O) groups is 2. The molecule has 182 valence electrons. The van der Waals surface area contributed by atoms with E-state index in [9.17, 15) is 27.2 Å². The van der Waals surface area contributed by atoms with Gasteiger partial charge >= 0.3 is 6.18 Å². The summed E-state index contributed by atoms with van der Waals surface area (Å²) in [6, 6.07) is 12.2. The summed E-state index contributed by atoms with van der Waals surface area (Å²) in [5.74, 6) is -1.20. The Bertz CT molecular complexity index is 1240. The lowest BCUT2D eigenvalue weighted by Gasteiger charge is -2.35. The van der Waals surface area contributed by atoms with Gasteiger partial charge in [0.25, 0.3) is 11.8 Å². The van der Waals surface area contributed by atoms with Gasteiger partial charge in [-0.3, -0.25) is 9.59 Å². The van der Waals surface area contributed by atoms with Crippen molar-refractivity contribution < 1.29 is 27.2 Å². The van der Waals surface area contributed by atoms with Crippen LogP contribution >= 0.6 is 0 Å². The fourth-order valence-electron chi connectivity index (χ4n) is 3.77. The van der Waals surface area contributed by atoms with Gasteiger partial charge in [0, 0.05) is 37.4 Å². The highest BCUT2D eigenvalue weighted by Gasteiger charge is 2.36. The second-order valence-electron chi connectivity index (χ2n) is 7.97. The minimum Gasteiger partial charge on any atom is -0.352 e. The van der Waals surface area contributed by atoms with Gasteiger partial charge in [0.15, 0.2) is 11.5 Å². The number of carbonyl (C=O) groups excluding carboxylic acids is 2. The van der Waals surface area contributed by atoms with Crippen molar-refractivity contribution in [3.63, 3.8) is 0 Å². The Labute approximate surface area is 198 Å². The number of benzene rings is 2. The maximum Gasteiger partial charge on any atom is 0.417 e. The molecule has 3 aromatic rings. The largest absolute Gasteiger partial charge is 0.417 e. The summed E-state index contributed by atoms with van der Waals surface area (Å²) in [6.45, 7) is 2.62. The van der Waals surface area contributed by atoms with Gasteiger partial charge in [0.05, 0.1) is 11.1 Å². The van der Waals surface area contributed by atoms with Crippen LogP contribution < -0.4 is 10.2 Å². The van der Waals surface area contributed by atoms with Crippen LogP contribution in [-0.4, -0.2) is 53.1 Å². The molecule has 1 fully saturated rings. The second-order valence-corrected chi connectivity index (χ2v) is 7.97. The molecule has 0 bridgehead atoms. The highest BCUT2D eigenvalue weighted by molar-refractivity contribution is 6.03. The van der Waals surface area contributed by atoms with E-state index in [-0.39, 0.29) is 24.3 Å². The summed E-state index contributed by atoms with van der Waals surface area (Å²) >= 11 is 0. The van der Waals surface area contributed by atoms with Crippen LogP contribution in [0.15, 0.2) is 54.6 Å². The van der Waals surface area contributed by atoms with Gasteiger partial charge in [0.1, 0.15) is 5.82 Å². The third-order valence-electron chi connectivity index (χ3n) is 5.75. The van der Waals surface area contributed by atoms with Crippen LogP contribution in [0.2, 0.25) is 0 Å². The van der Waals surface area contributed by atoms with E-state index in [0.29, 0.717) is 30.2 Å². The van der Waals surface area contributed by atoms with E-state index in [1.807, 2.05) is 4.90 Å². The molecule has 35 heavy (non-hydrogen) atoms. The number of hydrogen-bond donors (Lipinski definition) is 1. The second kappa shape index (κ2) is 9.69. The fourth-order valence-corrected chi connectivity index (χ4v) is 3.77. The van der Waals surface area contributed by atoms with Crippen LogP contribution in [0.25, 0.3) is 0 Å². The molecule has 0 saturated carbocycles. The van der Waals surface area contributed by atoms with Crippen LogP contribution in [0.4, 0.5) is 29.1 Å². The first-order valence-electron chi connectivity index (χ1n) is 10.8. The third kappa shape index (κ3) is 5.23. The molecule has 11 heteroatoms. The van der Waals surface area contributed by atoms with Gasteiger partial charge in [0.2, 0.25) is 0 Å². The number of aromatic nitrogens is 2. The van der Waals surface area contributed by atoms with E-state index in [1.165, 1.54) is 41.3 Å². The number of alkyl halides is 3. The van der Waals surface area contributed by atoms with Crippen LogP contribution in [0.1, 0.15) is 32.0 Å². The zero-order chi connectivity index (χ0) is 25.2. The van der Waals surface area contributed by atoms with E-state index in [1.54, 1.807) is 19.1 Å². The zero-order valence-corrected chi connectivity index (χ0v) is 18.6. The van der Waals surface area contributed by atoms with Gasteiger partial charge in [-0.15, -0.1) is 10.2 Å². The number of nitrogens with one attached hydrogen (secondary N) is 1. The Hall–Kier alpha value is -4.02. The molecule has 0 atom stereocenters. The average Bonchev–Trinajstić information content (AvgIpc) is 2.86. The van der Waals surface area contributed by atoms with Crippen molar-refractivity contribution >= 4 is 23.3 Å². The van der Waals surface area contributed by atoms with Gasteiger partial charge in [-0.05, 0) is 43.3 Å². The normalized spacial score (nSPS) is 14.1. The summed E-state index contributed by atoms with van der Waals surface area (Å²) in [7, 11) is 0. The standard InChI is InChI=1S/C24H21F4N5O2/c1-15-18(25)7-4-8-19(15)29-22(34)20-9-10-21(31-30-20)32-11-13-33(14-12-32)23(35)16-5-2-3-6-17(16)24(26,27)28/h2-10H,11-14H2,1H3,(H,29,34). The van der Waals surface area contributed by atoms with Crippen molar-refractivity contribution in [1.29, 1.82) is 0 Å². The molecule has 1 N–H and O–H groups in total. The van der Waals surface area contributed by atoms with Crippen LogP contribution in [0, 0.1) is 12.7 Å². The number of anilines is 2. The van der Waals surface area contributed by atoms with Crippen molar-refractivity contribution in [1.82, 2.24) is 15.1 Å². The fraction of sp³-hybridized carbons (Fsp3) is 0.250. The summed E-state index contributed by atoms with van der Waals surface area (Å²) in [6.07, 6.45) is -4.62. The molecule has 1 aliphatic rings. The Morgan fingerprint density at radius 2 is 1.63 bits per heavy atom. The monoisotopic (exact) mass is 487 g/mol. The molecule has 0 unspecified atom stereocenters. The SMILES string of the molecule is Cc1c(F)cccc1NC(=O)c1ccc(N2CCN(C(=O)c3ccccc3C(F)(F)F)CC2)nn1. The van der Waals surface area contributed by atoms with E-state index < -0.39 is 29.4 Å². The molecular weight excluding hydrogens is 466 g/mol. The quantitative estimate of drug-likeness (QED) is 0.560. The molecule has 1 aromatic heterocycles. The average molecular weight is 487 g/mol. The Morgan fingerprint density at radius 1 is 0.914 bits per heavy atom. The maximum atomic E-state index is 13.7. The number of piperazine rings is 1. The lowest BCUT2D eigenvalue weighted by Crippen LogP contribution is -2.49. The van der Waals surface area contributed by atoms with Crippen molar-refractivity contribution in [2.45, 2.75) is 13.1 Å². The summed E-state index contributed by atoms with van der Waals surface area (Å²) in [5.41, 5.74) is -0.669. The first-order valence-corrected chi connectivity index (χ1v) is 10.8. The summed E-state index contributed by atoms with van der Waals surface area (Å²) in [5, 5.41) is 10.6. The molecule has 2 heterocycles. The van der Waals surface area contributed by atoms with Gasteiger partial charge in [-0.25, -0.2) is 4.39 Å². The first kappa shape index (κ1) is 24.1. The van der Waals surface area contributed by atoms with E-state index in [4.69, 9.17) is 0 Å². The van der Waals surface area contributed by atoms with Gasteiger partial charge < -0.3 is 15.1 Å². The number of amides is 2. The molecule has 2 amide bonds. The minimum atomic E-state index is -4.62. The molecule has 1 aliphatic heterocycles. The summed E-state index contributed by atoms with van der Waals surface area (Å²) in [4.78, 5) is 28.4. The van der Waals surface area contributed by atoms with E-state index >= 15 is 0 Å². The lowest BCUT2D eigenvalue weighted by molar-refractivity contribution is -0.138. The first-order chi connectivity index (χ1) is 16.6. The minimum absolute atomic E-state index is 0.0370. The van der Waals surface area contributed by atoms with Gasteiger partial charge in [-0.1, -0.05) is 18.2 Å². The van der Waals surface area contributed by atoms with Crippen molar-refractivity contribution in [3.05, 3.63) is 82.8 Å². The Balaban J connectivity index is 1.38. The van der Waals surface area contributed by atoms with Crippen LogP contribution in [-0.2, 0) is 6.18 Å². The topological polar surface area (TPSA) is 78.4 Å². The number of halogens is 4. The van der Waals surface area contributed by atoms with E-state index in [2.05, 4.69) is 15.5 Å². The van der Waals surface area contributed by atoms with Crippen molar-refractivity contribution in [2.24, 2.45) is 0 Å². The summed E-state index contributed by atoms with van der Waals surface area (Å²) < 4.78 is 53.5. The Kier molecular flexibility index (Phi) is 6.68. The molecular formula is C24H21F4N5O2. The lowest BCUT2D eigenvalue weighted by atomic mass is 10.1. The molecule has 4 rings (SSSR count). The molecule has 1 saturated heterocycles. The number of rotatable bonds is 4. The zero-order valence-electron chi connectivity index (χ0n) is 18.6. The van der Waals surface area contributed by atoms with Crippen molar-refractivity contribution in [2.75, 3.05) is 36.4 Å². The predicted molar refractivity (Wildman–Crippen MR) is 121 cm³/mol. The number of nitrogens with zero attached hydrogens (tertiary/aromatic N) is 4.